The molecule has 0 saturated heterocycles. The first-order valence-corrected chi connectivity index (χ1v) is 2.93. The van der Waals surface area contributed by atoms with Gasteiger partial charge in [0.2, 0.25) is 0 Å². The number of para-hydroxylation sites is 1. The van der Waals surface area contributed by atoms with Crippen molar-refractivity contribution in [2.75, 3.05) is 0 Å². The van der Waals surface area contributed by atoms with Crippen LogP contribution in [-0.4, -0.2) is 0 Å². The van der Waals surface area contributed by atoms with Crippen LogP contribution in [0.25, 0.3) is 0 Å². The van der Waals surface area contributed by atoms with Crippen molar-refractivity contribution in [1.82, 2.24) is 0 Å². The van der Waals surface area contributed by atoms with Crippen molar-refractivity contribution < 1.29 is 24.2 Å². The molecule has 0 fully saturated rings. The van der Waals surface area contributed by atoms with Crippen molar-refractivity contribution in [3.8, 4) is 5.75 Å². The summed E-state index contributed by atoms with van der Waals surface area (Å²) in [5, 5.41) is 0. The van der Waals surface area contributed by atoms with E-state index in [1.165, 1.54) is 0 Å². The van der Waals surface area contributed by atoms with E-state index in [4.69, 9.17) is 4.74 Å². The number of ether oxygens (including phenoxy) is 1. The van der Waals surface area contributed by atoms with Gasteiger partial charge < -0.3 is 4.74 Å². The van der Waals surface area contributed by atoms with E-state index in [0.29, 0.717) is 0 Å². The number of hydrogen-bond donors (Lipinski definition) is 0. The Labute approximate surface area is 74.2 Å². The first-order chi connectivity index (χ1) is 4.43. The number of hydrogen-bond acceptors (Lipinski definition) is 1. The molecule has 0 spiro atoms. The van der Waals surface area contributed by atoms with Gasteiger partial charge in [0.15, 0.2) is 0 Å². The number of rotatable bonds is 2. The van der Waals surface area contributed by atoms with Gasteiger partial charge in [-0.3, -0.25) is 0 Å². The van der Waals surface area contributed by atoms with E-state index in [1.807, 2.05) is 37.3 Å². The molecule has 1 nitrogen and oxygen atoms in total. The van der Waals surface area contributed by atoms with Crippen LogP contribution in [0.2, 0.25) is 0 Å². The molecule has 50 valence electrons. The summed E-state index contributed by atoms with van der Waals surface area (Å²) in [4.78, 5) is 0. The van der Waals surface area contributed by atoms with Gasteiger partial charge in [-0.05, 0) is 12.1 Å². The smallest absolute Gasteiger partial charge is 0.0845 e. The van der Waals surface area contributed by atoms with Gasteiger partial charge >= 0.3 is 0 Å². The average Bonchev–Trinajstić information content (AvgIpc) is 1.91. The quantitative estimate of drug-likeness (QED) is 0.509. The molecule has 0 saturated carbocycles. The molecule has 0 atom stereocenters. The predicted octanol–water partition coefficient (Wildman–Crippen LogP) is 2.24. The largest absolute Gasteiger partial charge is 0.663 e. The minimum atomic E-state index is 0. The van der Waals surface area contributed by atoms with E-state index in [-0.39, 0.29) is 19.5 Å². The van der Waals surface area contributed by atoms with Crippen molar-refractivity contribution in [2.24, 2.45) is 0 Å². The molecule has 0 aliphatic rings. The molecule has 0 bridgehead atoms. The molecule has 2 heteroatoms. The zero-order valence-electron chi connectivity index (χ0n) is 6.08. The first-order valence-electron chi connectivity index (χ1n) is 2.93. The van der Waals surface area contributed by atoms with Crippen LogP contribution in [0.5, 0.6) is 5.75 Å². The molecule has 0 radical (unpaired) electrons. The monoisotopic (exact) mass is 185 g/mol. The average molecular weight is 187 g/mol. The summed E-state index contributed by atoms with van der Waals surface area (Å²) in [5.74, 6) is 0.889. The SMILES string of the molecule is C[CH-]Oc1ccccc1.[Zn]. The Kier molecular flexibility index (Phi) is 5.24. The second kappa shape index (κ2) is 5.43. The summed E-state index contributed by atoms with van der Waals surface area (Å²) in [7, 11) is 0. The van der Waals surface area contributed by atoms with Gasteiger partial charge in [0.1, 0.15) is 0 Å². The maximum Gasteiger partial charge on any atom is 0.0845 e. The first kappa shape index (κ1) is 9.64. The molecule has 0 aromatic heterocycles. The fourth-order valence-electron chi connectivity index (χ4n) is 0.635. The van der Waals surface area contributed by atoms with Gasteiger partial charge in [-0.2, -0.15) is 13.5 Å². The summed E-state index contributed by atoms with van der Waals surface area (Å²) >= 11 is 0. The standard InChI is InChI=1S/C8H9O.Zn/c1-2-9-8-6-4-3-5-7-8;/h2-7H,1H3;/q-1;. The second-order valence-corrected chi connectivity index (χ2v) is 1.67. The molecule has 1 aromatic rings. The van der Waals surface area contributed by atoms with E-state index in [9.17, 15) is 0 Å². The van der Waals surface area contributed by atoms with Crippen LogP contribution in [0.3, 0.4) is 0 Å². The molecule has 0 aliphatic heterocycles. The molecule has 1 aromatic carbocycles. The third-order valence-electron chi connectivity index (χ3n) is 0.997. The Morgan fingerprint density at radius 1 is 1.20 bits per heavy atom. The summed E-state index contributed by atoms with van der Waals surface area (Å²) in [5.41, 5.74) is 0. The molecule has 10 heavy (non-hydrogen) atoms. The Hall–Kier alpha value is -0.357. The molecule has 0 N–H and O–H groups in total. The summed E-state index contributed by atoms with van der Waals surface area (Å²) in [6.45, 7) is 3.52. The van der Waals surface area contributed by atoms with Crippen molar-refractivity contribution in [3.63, 3.8) is 0 Å². The Morgan fingerprint density at radius 2 is 1.80 bits per heavy atom. The van der Waals surface area contributed by atoms with Gasteiger partial charge in [0.05, 0.1) is 5.75 Å². The van der Waals surface area contributed by atoms with E-state index >= 15 is 0 Å². The molecule has 0 amide bonds. The van der Waals surface area contributed by atoms with Crippen molar-refractivity contribution in [2.45, 2.75) is 6.92 Å². The van der Waals surface area contributed by atoms with Crippen molar-refractivity contribution >= 4 is 0 Å². The van der Waals surface area contributed by atoms with E-state index in [0.717, 1.165) is 5.75 Å². The third kappa shape index (κ3) is 2.98. The summed E-state index contributed by atoms with van der Waals surface area (Å²) < 4.78 is 5.08. The molecule has 0 aliphatic carbocycles. The van der Waals surface area contributed by atoms with Crippen LogP contribution < -0.4 is 4.74 Å². The summed E-state index contributed by atoms with van der Waals surface area (Å²) in [6, 6.07) is 9.68. The topological polar surface area (TPSA) is 9.23 Å². The van der Waals surface area contributed by atoms with Crippen LogP contribution in [0.4, 0.5) is 0 Å². The fourth-order valence-corrected chi connectivity index (χ4v) is 0.635. The van der Waals surface area contributed by atoms with Crippen LogP contribution in [0.15, 0.2) is 30.3 Å². The molecular weight excluding hydrogens is 177 g/mol. The minimum Gasteiger partial charge on any atom is -0.663 e. The zero-order chi connectivity index (χ0) is 6.53. The molecular formula is C8H9OZn-. The van der Waals surface area contributed by atoms with Gasteiger partial charge in [-0.25, -0.2) is 0 Å². The van der Waals surface area contributed by atoms with Crippen LogP contribution in [0.1, 0.15) is 6.92 Å². The molecule has 1 rings (SSSR count). The van der Waals surface area contributed by atoms with Gasteiger partial charge in [-0.15, -0.1) is 0 Å². The number of benzene rings is 1. The zero-order valence-corrected chi connectivity index (χ0v) is 9.05. The van der Waals surface area contributed by atoms with Crippen LogP contribution in [-0.2, 0) is 19.5 Å². The predicted molar refractivity (Wildman–Crippen MR) is 37.0 cm³/mol. The third-order valence-corrected chi connectivity index (χ3v) is 0.997. The van der Waals surface area contributed by atoms with Crippen LogP contribution in [0, 0.1) is 6.61 Å². The van der Waals surface area contributed by atoms with Crippen LogP contribution >= 0.6 is 0 Å². The van der Waals surface area contributed by atoms with E-state index in [2.05, 4.69) is 0 Å². The second-order valence-electron chi connectivity index (χ2n) is 1.67. The van der Waals surface area contributed by atoms with Crippen molar-refractivity contribution in [1.29, 1.82) is 0 Å². The molecule has 0 unspecified atom stereocenters. The fraction of sp³-hybridized carbons (Fsp3) is 0.125. The Morgan fingerprint density at radius 3 is 2.30 bits per heavy atom. The van der Waals surface area contributed by atoms with Gasteiger partial charge in [-0.1, -0.05) is 18.2 Å². The minimum absolute atomic E-state index is 0. The summed E-state index contributed by atoms with van der Waals surface area (Å²) in [6.07, 6.45) is 0. The van der Waals surface area contributed by atoms with E-state index < -0.39 is 0 Å². The van der Waals surface area contributed by atoms with Crippen molar-refractivity contribution in [3.05, 3.63) is 36.9 Å². The Bertz CT molecular complexity index is 162. The maximum absolute atomic E-state index is 5.08. The van der Waals surface area contributed by atoms with Gasteiger partial charge in [0.25, 0.3) is 0 Å². The molecule has 0 heterocycles. The van der Waals surface area contributed by atoms with Gasteiger partial charge in [0, 0.05) is 19.5 Å². The normalized spacial score (nSPS) is 8.10. The Balaban J connectivity index is 0.000000810. The maximum atomic E-state index is 5.08. The van der Waals surface area contributed by atoms with E-state index in [1.54, 1.807) is 6.61 Å².